The van der Waals surface area contributed by atoms with Crippen LogP contribution >= 0.6 is 0 Å². The van der Waals surface area contributed by atoms with Crippen LogP contribution in [0.5, 0.6) is 0 Å². The molecule has 4 rings (SSSR count). The second kappa shape index (κ2) is 6.78. The second-order valence-corrected chi connectivity index (χ2v) is 7.70. The maximum Gasteiger partial charge on any atom is 0.225 e. The Bertz CT molecular complexity index is 615. The van der Waals surface area contributed by atoms with Crippen molar-refractivity contribution >= 4 is 11.9 Å². The van der Waals surface area contributed by atoms with Crippen LogP contribution in [0.2, 0.25) is 0 Å². The third kappa shape index (κ3) is 3.42. The predicted octanol–water partition coefficient (Wildman–Crippen LogP) is 0.854. The Labute approximate surface area is 149 Å². The lowest BCUT2D eigenvalue weighted by Gasteiger charge is -2.35. The summed E-state index contributed by atoms with van der Waals surface area (Å²) < 4.78 is 0. The van der Waals surface area contributed by atoms with Gasteiger partial charge in [-0.1, -0.05) is 0 Å². The van der Waals surface area contributed by atoms with Gasteiger partial charge in [-0.2, -0.15) is 0 Å². The Morgan fingerprint density at radius 3 is 2.64 bits per heavy atom. The molecule has 0 aromatic carbocycles. The lowest BCUT2D eigenvalue weighted by atomic mass is 9.82. The number of hydrogen-bond donors (Lipinski definition) is 2. The summed E-state index contributed by atoms with van der Waals surface area (Å²) >= 11 is 0. The van der Waals surface area contributed by atoms with Crippen molar-refractivity contribution in [3.8, 4) is 0 Å². The Hall–Kier alpha value is -1.89. The van der Waals surface area contributed by atoms with Crippen LogP contribution in [0.3, 0.4) is 0 Å². The number of aliphatic hydroxyl groups is 1. The van der Waals surface area contributed by atoms with Gasteiger partial charge in [-0.25, -0.2) is 9.97 Å². The number of aromatic nitrogens is 2. The Morgan fingerprint density at radius 1 is 1.24 bits per heavy atom. The first kappa shape index (κ1) is 16.6. The van der Waals surface area contributed by atoms with Gasteiger partial charge in [-0.3, -0.25) is 4.99 Å². The van der Waals surface area contributed by atoms with Gasteiger partial charge in [0.05, 0.1) is 5.60 Å². The van der Waals surface area contributed by atoms with Crippen molar-refractivity contribution in [3.63, 3.8) is 0 Å². The summed E-state index contributed by atoms with van der Waals surface area (Å²) in [4.78, 5) is 17.4. The van der Waals surface area contributed by atoms with E-state index in [2.05, 4.69) is 24.8 Å². The fourth-order valence-corrected chi connectivity index (χ4v) is 4.78. The number of anilines is 1. The first-order valence-electron chi connectivity index (χ1n) is 9.43. The minimum Gasteiger partial charge on any atom is -0.390 e. The molecule has 2 heterocycles. The molecule has 1 saturated heterocycles. The van der Waals surface area contributed by atoms with Crippen LogP contribution in [0, 0.1) is 11.8 Å². The molecule has 3 N–H and O–H groups in total. The smallest absolute Gasteiger partial charge is 0.225 e. The Kier molecular flexibility index (Phi) is 4.50. The van der Waals surface area contributed by atoms with E-state index in [-0.39, 0.29) is 0 Å². The number of nitrogens with zero attached hydrogens (tertiary/aromatic N) is 5. The molecule has 1 aromatic rings. The van der Waals surface area contributed by atoms with Gasteiger partial charge in [-0.15, -0.1) is 0 Å². The van der Waals surface area contributed by atoms with Gasteiger partial charge < -0.3 is 20.6 Å². The molecule has 0 radical (unpaired) electrons. The third-order valence-electron chi connectivity index (χ3n) is 6.20. The van der Waals surface area contributed by atoms with Gasteiger partial charge >= 0.3 is 0 Å². The fraction of sp³-hybridized carbons (Fsp3) is 0.722. The van der Waals surface area contributed by atoms with E-state index in [0.717, 1.165) is 50.9 Å². The third-order valence-corrected chi connectivity index (χ3v) is 6.20. The SMILES string of the molecule is NC(=NCCC1(O)CC2CCC1C2)N1CCN(c2ncccn2)CC1. The summed E-state index contributed by atoms with van der Waals surface area (Å²) in [5.74, 6) is 2.60. The summed E-state index contributed by atoms with van der Waals surface area (Å²) in [7, 11) is 0. The van der Waals surface area contributed by atoms with E-state index in [1.165, 1.54) is 19.3 Å². The highest BCUT2D eigenvalue weighted by atomic mass is 16.3. The number of rotatable bonds is 4. The van der Waals surface area contributed by atoms with E-state index in [1.807, 2.05) is 6.07 Å². The number of nitrogens with two attached hydrogens (primary N) is 1. The number of guanidine groups is 1. The van der Waals surface area contributed by atoms with E-state index in [1.54, 1.807) is 12.4 Å². The van der Waals surface area contributed by atoms with E-state index in [9.17, 15) is 5.11 Å². The molecule has 7 nitrogen and oxygen atoms in total. The molecule has 2 saturated carbocycles. The lowest BCUT2D eigenvalue weighted by Crippen LogP contribution is -2.51. The van der Waals surface area contributed by atoms with Gasteiger partial charge in [0, 0.05) is 45.1 Å². The van der Waals surface area contributed by atoms with Crippen molar-refractivity contribution in [2.45, 2.75) is 37.7 Å². The fourth-order valence-electron chi connectivity index (χ4n) is 4.78. The first-order chi connectivity index (χ1) is 12.1. The van der Waals surface area contributed by atoms with Crippen LogP contribution in [-0.2, 0) is 0 Å². The van der Waals surface area contributed by atoms with Crippen molar-refractivity contribution in [3.05, 3.63) is 18.5 Å². The van der Waals surface area contributed by atoms with Crippen LogP contribution in [0.15, 0.2) is 23.5 Å². The summed E-state index contributed by atoms with van der Waals surface area (Å²) in [5.41, 5.74) is 5.69. The van der Waals surface area contributed by atoms with Gasteiger partial charge in [0.1, 0.15) is 0 Å². The zero-order valence-electron chi connectivity index (χ0n) is 14.7. The molecular weight excluding hydrogens is 316 g/mol. The molecule has 2 bridgehead atoms. The average Bonchev–Trinajstić information content (AvgIpc) is 3.23. The van der Waals surface area contributed by atoms with Gasteiger partial charge in [0.15, 0.2) is 5.96 Å². The van der Waals surface area contributed by atoms with Crippen molar-refractivity contribution in [1.82, 2.24) is 14.9 Å². The van der Waals surface area contributed by atoms with Gasteiger partial charge in [-0.05, 0) is 50.0 Å². The average molecular weight is 344 g/mol. The maximum absolute atomic E-state index is 10.8. The van der Waals surface area contributed by atoms with Crippen molar-refractivity contribution < 1.29 is 5.11 Å². The first-order valence-corrected chi connectivity index (χ1v) is 9.43. The highest BCUT2D eigenvalue weighted by molar-refractivity contribution is 5.78. The summed E-state index contributed by atoms with van der Waals surface area (Å²) in [6, 6.07) is 1.83. The standard InChI is InChI=1S/C18H28N6O/c19-16(20-7-4-18(25)13-14-2-3-15(18)12-14)23-8-10-24(11-9-23)17-21-5-1-6-22-17/h1,5-6,14-15,25H,2-4,7-13H2,(H2,19,20). The second-order valence-electron chi connectivity index (χ2n) is 7.70. The van der Waals surface area contributed by atoms with Crippen molar-refractivity contribution in [1.29, 1.82) is 0 Å². The van der Waals surface area contributed by atoms with Crippen molar-refractivity contribution in [2.24, 2.45) is 22.6 Å². The lowest BCUT2D eigenvalue weighted by molar-refractivity contribution is -0.0181. The monoisotopic (exact) mass is 344 g/mol. The zero-order chi connectivity index (χ0) is 17.3. The summed E-state index contributed by atoms with van der Waals surface area (Å²) in [5, 5.41) is 10.8. The molecule has 25 heavy (non-hydrogen) atoms. The molecule has 1 aromatic heterocycles. The minimum atomic E-state index is -0.490. The van der Waals surface area contributed by atoms with E-state index in [4.69, 9.17) is 5.73 Å². The number of hydrogen-bond acceptors (Lipinski definition) is 5. The van der Waals surface area contributed by atoms with Crippen LogP contribution in [0.1, 0.15) is 32.1 Å². The Morgan fingerprint density at radius 2 is 2.00 bits per heavy atom. The van der Waals surface area contributed by atoms with E-state index in [0.29, 0.717) is 18.4 Å². The molecule has 3 atom stereocenters. The number of piperazine rings is 1. The summed E-state index contributed by atoms with van der Waals surface area (Å²) in [6.07, 6.45) is 8.93. The molecule has 2 aliphatic carbocycles. The molecule has 3 aliphatic rings. The van der Waals surface area contributed by atoms with Crippen LogP contribution in [0.25, 0.3) is 0 Å². The predicted molar refractivity (Wildman–Crippen MR) is 97.3 cm³/mol. The molecule has 3 unspecified atom stereocenters. The molecule has 7 heteroatoms. The largest absolute Gasteiger partial charge is 0.390 e. The topological polar surface area (TPSA) is 90.9 Å². The highest BCUT2D eigenvalue weighted by Crippen LogP contribution is 2.52. The molecular formula is C18H28N6O. The maximum atomic E-state index is 10.8. The quantitative estimate of drug-likeness (QED) is 0.622. The van der Waals surface area contributed by atoms with Crippen LogP contribution < -0.4 is 10.6 Å². The molecule has 3 fully saturated rings. The molecule has 0 amide bonds. The molecule has 0 spiro atoms. The van der Waals surface area contributed by atoms with Gasteiger partial charge in [0.25, 0.3) is 0 Å². The molecule has 1 aliphatic heterocycles. The van der Waals surface area contributed by atoms with Crippen LogP contribution in [-0.4, -0.2) is 64.3 Å². The van der Waals surface area contributed by atoms with Gasteiger partial charge in [0.2, 0.25) is 5.95 Å². The minimum absolute atomic E-state index is 0.489. The Balaban J connectivity index is 1.26. The van der Waals surface area contributed by atoms with E-state index >= 15 is 0 Å². The van der Waals surface area contributed by atoms with Crippen LogP contribution in [0.4, 0.5) is 5.95 Å². The zero-order valence-corrected chi connectivity index (χ0v) is 14.7. The highest BCUT2D eigenvalue weighted by Gasteiger charge is 2.49. The number of fused-ring (bicyclic) bond motifs is 2. The van der Waals surface area contributed by atoms with Crippen molar-refractivity contribution in [2.75, 3.05) is 37.6 Å². The molecule has 136 valence electrons. The number of aliphatic imine (C=N–C) groups is 1. The summed E-state index contributed by atoms with van der Waals surface area (Å²) in [6.45, 7) is 3.94. The normalized spacial score (nSPS) is 32.4. The van der Waals surface area contributed by atoms with E-state index < -0.39 is 5.60 Å².